The third-order valence-electron chi connectivity index (χ3n) is 3.63. The fraction of sp³-hybridized carbons (Fsp3) is 0.923. The quantitative estimate of drug-likeness (QED) is 0.839. The number of likely N-dealkylation sites (N-methyl/N-ethyl adjacent to an activating group) is 1. The Balaban J connectivity index is 1.90. The van der Waals surface area contributed by atoms with E-state index < -0.39 is 0 Å². The lowest BCUT2D eigenvalue weighted by molar-refractivity contribution is 0.303. The summed E-state index contributed by atoms with van der Waals surface area (Å²) in [5, 5.41) is 4.89. The normalized spacial score (nSPS) is 27.6. The minimum atomic E-state index is 0.388. The summed E-state index contributed by atoms with van der Waals surface area (Å²) < 4.78 is 0. The van der Waals surface area contributed by atoms with E-state index in [1.54, 1.807) is 0 Å². The molecule has 0 bridgehead atoms. The van der Waals surface area contributed by atoms with Gasteiger partial charge in [0.05, 0.1) is 6.04 Å². The summed E-state index contributed by atoms with van der Waals surface area (Å²) >= 11 is 1.92. The summed E-state index contributed by atoms with van der Waals surface area (Å²) in [6.45, 7) is 3.22. The van der Waals surface area contributed by atoms with Crippen molar-refractivity contribution in [2.75, 3.05) is 26.4 Å². The van der Waals surface area contributed by atoms with E-state index in [9.17, 15) is 0 Å². The fourth-order valence-corrected chi connectivity index (χ4v) is 4.16. The largest absolute Gasteiger partial charge is 0.359 e. The molecule has 1 saturated heterocycles. The van der Waals surface area contributed by atoms with Gasteiger partial charge in [-0.15, -0.1) is 0 Å². The average Bonchev–Trinajstić information content (AvgIpc) is 2.61. The van der Waals surface area contributed by atoms with Gasteiger partial charge in [0.15, 0.2) is 5.17 Å². The molecule has 17 heavy (non-hydrogen) atoms. The van der Waals surface area contributed by atoms with Crippen LogP contribution in [0.25, 0.3) is 0 Å². The molecule has 2 rings (SSSR count). The number of nitrogens with zero attached hydrogens (tertiary/aromatic N) is 2. The molecule has 1 unspecified atom stereocenters. The van der Waals surface area contributed by atoms with E-state index in [1.807, 2.05) is 11.8 Å². The maximum absolute atomic E-state index is 4.79. The molecule has 0 aromatic carbocycles. The molecule has 1 N–H and O–H groups in total. The van der Waals surface area contributed by atoms with Gasteiger partial charge in [-0.3, -0.25) is 4.99 Å². The first-order valence-electron chi connectivity index (χ1n) is 6.73. The zero-order valence-corrected chi connectivity index (χ0v) is 12.1. The molecule has 4 heteroatoms. The summed E-state index contributed by atoms with van der Waals surface area (Å²) in [4.78, 5) is 6.99. The van der Waals surface area contributed by atoms with Crippen LogP contribution in [0.4, 0.5) is 0 Å². The molecule has 98 valence electrons. The molecule has 1 heterocycles. The first kappa shape index (κ1) is 13.2. The summed E-state index contributed by atoms with van der Waals surface area (Å²) in [5.74, 6) is 1.22. The van der Waals surface area contributed by atoms with Gasteiger partial charge in [-0.1, -0.05) is 31.0 Å². The topological polar surface area (TPSA) is 27.6 Å². The number of nitrogens with one attached hydrogen (secondary N) is 1. The third-order valence-corrected chi connectivity index (χ3v) is 4.81. The zero-order valence-electron chi connectivity index (χ0n) is 11.3. The Hall–Kier alpha value is -0.220. The van der Waals surface area contributed by atoms with Crippen molar-refractivity contribution in [3.8, 4) is 0 Å². The van der Waals surface area contributed by atoms with E-state index in [-0.39, 0.29) is 0 Å². The first-order valence-corrected chi connectivity index (χ1v) is 7.72. The predicted octanol–water partition coefficient (Wildman–Crippen LogP) is 2.33. The van der Waals surface area contributed by atoms with Gasteiger partial charge in [-0.2, -0.15) is 0 Å². The Morgan fingerprint density at radius 1 is 1.35 bits per heavy atom. The summed E-state index contributed by atoms with van der Waals surface area (Å²) in [6, 6.07) is 0.388. The average molecular weight is 255 g/mol. The second kappa shape index (κ2) is 5.61. The summed E-state index contributed by atoms with van der Waals surface area (Å²) in [5.41, 5.74) is 0.388. The molecule has 2 aliphatic rings. The number of hydrogen-bond donors (Lipinski definition) is 1. The van der Waals surface area contributed by atoms with Crippen LogP contribution in [0, 0.1) is 0 Å². The standard InChI is InChI=1S/C13H25N3S/c1-11(9-16(2)3)14-12-15-13(10-17-12)7-5-4-6-8-13/h11H,4-10H2,1-3H3,(H,14,15). The van der Waals surface area contributed by atoms with Gasteiger partial charge < -0.3 is 10.2 Å². The highest BCUT2D eigenvalue weighted by molar-refractivity contribution is 8.14. The molecule has 1 aliphatic carbocycles. The van der Waals surface area contributed by atoms with E-state index in [0.29, 0.717) is 11.6 Å². The van der Waals surface area contributed by atoms with Crippen LogP contribution >= 0.6 is 11.8 Å². The number of hydrogen-bond acceptors (Lipinski definition) is 3. The van der Waals surface area contributed by atoms with Crippen molar-refractivity contribution in [1.29, 1.82) is 0 Å². The SMILES string of the molecule is CC(CN(C)C)N=C1NC2(CCCCC2)CS1. The van der Waals surface area contributed by atoms with Crippen molar-refractivity contribution >= 4 is 16.9 Å². The summed E-state index contributed by atoms with van der Waals surface area (Å²) in [7, 11) is 4.21. The molecule has 0 aromatic rings. The Kier molecular flexibility index (Phi) is 4.36. The fourth-order valence-electron chi connectivity index (χ4n) is 2.84. The van der Waals surface area contributed by atoms with Crippen molar-refractivity contribution in [3.63, 3.8) is 0 Å². The van der Waals surface area contributed by atoms with Crippen LogP contribution in [0.15, 0.2) is 4.99 Å². The lowest BCUT2D eigenvalue weighted by Gasteiger charge is -2.32. The Labute approximate surface area is 109 Å². The lowest BCUT2D eigenvalue weighted by Crippen LogP contribution is -2.45. The van der Waals surface area contributed by atoms with Crippen molar-refractivity contribution in [1.82, 2.24) is 10.2 Å². The molecule has 0 amide bonds. The van der Waals surface area contributed by atoms with E-state index in [0.717, 1.165) is 6.54 Å². The lowest BCUT2D eigenvalue weighted by atomic mass is 9.83. The van der Waals surface area contributed by atoms with E-state index in [1.165, 1.54) is 43.0 Å². The van der Waals surface area contributed by atoms with Crippen LogP contribution in [0.2, 0.25) is 0 Å². The zero-order chi connectivity index (χ0) is 12.3. The van der Waals surface area contributed by atoms with E-state index in [4.69, 9.17) is 4.99 Å². The molecule has 1 atom stereocenters. The van der Waals surface area contributed by atoms with Crippen LogP contribution in [0.3, 0.4) is 0 Å². The number of aliphatic imine (C=N–C) groups is 1. The van der Waals surface area contributed by atoms with E-state index in [2.05, 4.69) is 31.2 Å². The smallest absolute Gasteiger partial charge is 0.157 e. The molecule has 1 aliphatic heterocycles. The van der Waals surface area contributed by atoms with Crippen LogP contribution in [-0.4, -0.2) is 48.0 Å². The van der Waals surface area contributed by atoms with Crippen molar-refractivity contribution in [3.05, 3.63) is 0 Å². The van der Waals surface area contributed by atoms with Gasteiger partial charge in [0.25, 0.3) is 0 Å². The molecule has 1 saturated carbocycles. The van der Waals surface area contributed by atoms with Crippen molar-refractivity contribution in [2.24, 2.45) is 4.99 Å². The van der Waals surface area contributed by atoms with Crippen LogP contribution < -0.4 is 5.32 Å². The molecule has 2 fully saturated rings. The highest BCUT2D eigenvalue weighted by atomic mass is 32.2. The Morgan fingerprint density at radius 2 is 2.06 bits per heavy atom. The van der Waals surface area contributed by atoms with Crippen LogP contribution in [0.1, 0.15) is 39.0 Å². The minimum Gasteiger partial charge on any atom is -0.359 e. The van der Waals surface area contributed by atoms with Crippen molar-refractivity contribution < 1.29 is 0 Å². The molecule has 1 spiro atoms. The molecule has 0 aromatic heterocycles. The van der Waals surface area contributed by atoms with Gasteiger partial charge in [0.2, 0.25) is 0 Å². The van der Waals surface area contributed by atoms with Crippen molar-refractivity contribution in [2.45, 2.75) is 50.6 Å². The number of thioether (sulfide) groups is 1. The number of rotatable bonds is 3. The van der Waals surface area contributed by atoms with Crippen LogP contribution in [0.5, 0.6) is 0 Å². The minimum absolute atomic E-state index is 0.388. The maximum atomic E-state index is 4.79. The first-order chi connectivity index (χ1) is 8.10. The predicted molar refractivity (Wildman–Crippen MR) is 76.9 cm³/mol. The molecule has 0 radical (unpaired) electrons. The number of amidine groups is 1. The van der Waals surface area contributed by atoms with Gasteiger partial charge >= 0.3 is 0 Å². The molecular weight excluding hydrogens is 230 g/mol. The summed E-state index contributed by atoms with van der Waals surface area (Å²) in [6.07, 6.45) is 6.85. The molecule has 3 nitrogen and oxygen atoms in total. The third kappa shape index (κ3) is 3.62. The second-order valence-electron chi connectivity index (χ2n) is 5.80. The Morgan fingerprint density at radius 3 is 2.71 bits per heavy atom. The van der Waals surface area contributed by atoms with Gasteiger partial charge in [-0.25, -0.2) is 0 Å². The van der Waals surface area contributed by atoms with Crippen LogP contribution in [-0.2, 0) is 0 Å². The second-order valence-corrected chi connectivity index (χ2v) is 6.76. The molecular formula is C13H25N3S. The highest BCUT2D eigenvalue weighted by Crippen LogP contribution is 2.36. The Bertz CT molecular complexity index is 282. The van der Waals surface area contributed by atoms with Gasteiger partial charge in [0.1, 0.15) is 0 Å². The van der Waals surface area contributed by atoms with Gasteiger partial charge in [0, 0.05) is 17.8 Å². The van der Waals surface area contributed by atoms with E-state index >= 15 is 0 Å². The highest BCUT2D eigenvalue weighted by Gasteiger charge is 2.38. The monoisotopic (exact) mass is 255 g/mol. The maximum Gasteiger partial charge on any atom is 0.157 e. The van der Waals surface area contributed by atoms with Gasteiger partial charge in [-0.05, 0) is 33.9 Å².